The number of aryl methyl sites for hydroxylation is 1. The van der Waals surface area contributed by atoms with E-state index in [0.29, 0.717) is 11.3 Å². The molecule has 0 unspecified atom stereocenters. The molecular formula is C23H22Cl2N2O4S. The molecule has 0 heterocycles. The smallest absolute Gasteiger partial charge is 0.242 e. The van der Waals surface area contributed by atoms with Gasteiger partial charge in [-0.15, -0.1) is 0 Å². The summed E-state index contributed by atoms with van der Waals surface area (Å²) in [4.78, 5) is 13.1. The van der Waals surface area contributed by atoms with Gasteiger partial charge in [0.2, 0.25) is 15.9 Å². The third-order valence-electron chi connectivity index (χ3n) is 4.78. The SMILES string of the molecule is COc1ccc(S(=O)(=O)N[C@H](Cc2ccccc2)C(=O)Nc2c(Cl)cccc2Cl)cc1C. The number of carbonyl (C=O) groups excluding carboxylic acids is 1. The van der Waals surface area contributed by atoms with Gasteiger partial charge >= 0.3 is 0 Å². The van der Waals surface area contributed by atoms with E-state index < -0.39 is 22.0 Å². The number of sulfonamides is 1. The number of methoxy groups -OCH3 is 1. The first-order valence-electron chi connectivity index (χ1n) is 9.67. The van der Waals surface area contributed by atoms with Crippen LogP contribution in [0.3, 0.4) is 0 Å². The van der Waals surface area contributed by atoms with E-state index in [0.717, 1.165) is 5.56 Å². The van der Waals surface area contributed by atoms with Crippen molar-refractivity contribution in [3.63, 3.8) is 0 Å². The number of para-hydroxylation sites is 1. The molecule has 3 aromatic rings. The van der Waals surface area contributed by atoms with Crippen molar-refractivity contribution < 1.29 is 17.9 Å². The van der Waals surface area contributed by atoms with Crippen LogP contribution in [0.5, 0.6) is 5.75 Å². The van der Waals surface area contributed by atoms with Gasteiger partial charge in [-0.2, -0.15) is 4.72 Å². The molecule has 32 heavy (non-hydrogen) atoms. The van der Waals surface area contributed by atoms with Crippen LogP contribution < -0.4 is 14.8 Å². The predicted octanol–water partition coefficient (Wildman–Crippen LogP) is 4.84. The van der Waals surface area contributed by atoms with Crippen LogP contribution in [0, 0.1) is 6.92 Å². The zero-order chi connectivity index (χ0) is 23.3. The van der Waals surface area contributed by atoms with Gasteiger partial charge in [0.25, 0.3) is 0 Å². The van der Waals surface area contributed by atoms with E-state index >= 15 is 0 Å². The summed E-state index contributed by atoms with van der Waals surface area (Å²) in [5.74, 6) is -0.0199. The minimum absolute atomic E-state index is 0.0254. The number of amides is 1. The molecule has 6 nitrogen and oxygen atoms in total. The number of benzene rings is 3. The average Bonchev–Trinajstić information content (AvgIpc) is 2.76. The third-order valence-corrected chi connectivity index (χ3v) is 6.88. The molecule has 0 bridgehead atoms. The number of hydrogen-bond acceptors (Lipinski definition) is 4. The lowest BCUT2D eigenvalue weighted by atomic mass is 10.1. The summed E-state index contributed by atoms with van der Waals surface area (Å²) < 4.78 is 33.9. The Morgan fingerprint density at radius 3 is 2.25 bits per heavy atom. The van der Waals surface area contributed by atoms with Crippen molar-refractivity contribution in [3.05, 3.63) is 87.9 Å². The fourth-order valence-corrected chi connectivity index (χ4v) is 4.91. The van der Waals surface area contributed by atoms with Crippen molar-refractivity contribution in [2.24, 2.45) is 0 Å². The fourth-order valence-electron chi connectivity index (χ4n) is 3.14. The lowest BCUT2D eigenvalue weighted by molar-refractivity contribution is -0.117. The summed E-state index contributed by atoms with van der Waals surface area (Å²) in [7, 11) is -2.51. The molecular weight excluding hydrogens is 471 g/mol. The molecule has 168 valence electrons. The Kier molecular flexibility index (Phi) is 7.79. The van der Waals surface area contributed by atoms with Crippen LogP contribution in [0.25, 0.3) is 0 Å². The molecule has 0 aliphatic heterocycles. The van der Waals surface area contributed by atoms with Gasteiger partial charge in [-0.25, -0.2) is 8.42 Å². The zero-order valence-electron chi connectivity index (χ0n) is 17.4. The van der Waals surface area contributed by atoms with E-state index in [2.05, 4.69) is 10.0 Å². The molecule has 1 amide bonds. The number of ether oxygens (including phenoxy) is 1. The summed E-state index contributed by atoms with van der Waals surface area (Å²) >= 11 is 12.3. The highest BCUT2D eigenvalue weighted by Gasteiger charge is 2.27. The van der Waals surface area contributed by atoms with Crippen LogP contribution in [0.4, 0.5) is 5.69 Å². The molecule has 0 fully saturated rings. The number of nitrogens with one attached hydrogen (secondary N) is 2. The van der Waals surface area contributed by atoms with Gasteiger partial charge in [-0.1, -0.05) is 59.6 Å². The maximum absolute atomic E-state index is 13.1. The van der Waals surface area contributed by atoms with Gasteiger partial charge in [0.15, 0.2) is 0 Å². The first-order valence-corrected chi connectivity index (χ1v) is 11.9. The highest BCUT2D eigenvalue weighted by Crippen LogP contribution is 2.30. The standard InChI is InChI=1S/C23H22Cl2N2O4S/c1-15-13-17(11-12-21(15)31-2)32(29,30)27-20(14-16-7-4-3-5-8-16)23(28)26-22-18(24)9-6-10-19(22)25/h3-13,20,27H,14H2,1-2H3,(H,26,28)/t20-/m1/s1. The van der Waals surface area contributed by atoms with Crippen LogP contribution >= 0.6 is 23.2 Å². The van der Waals surface area contributed by atoms with Crippen molar-refractivity contribution >= 4 is 44.8 Å². The maximum Gasteiger partial charge on any atom is 0.242 e. The molecule has 3 aromatic carbocycles. The molecule has 0 spiro atoms. The van der Waals surface area contributed by atoms with Crippen LogP contribution in [0.15, 0.2) is 71.6 Å². The minimum atomic E-state index is -4.02. The molecule has 0 saturated carbocycles. The monoisotopic (exact) mass is 492 g/mol. The predicted molar refractivity (Wildman–Crippen MR) is 127 cm³/mol. The molecule has 0 aromatic heterocycles. The normalized spacial score (nSPS) is 12.2. The molecule has 1 atom stereocenters. The van der Waals surface area contributed by atoms with Gasteiger partial charge in [0.05, 0.1) is 27.7 Å². The quantitative estimate of drug-likeness (QED) is 0.471. The van der Waals surface area contributed by atoms with Gasteiger partial charge < -0.3 is 10.1 Å². The lowest BCUT2D eigenvalue weighted by Gasteiger charge is -2.20. The average molecular weight is 493 g/mol. The van der Waals surface area contributed by atoms with E-state index in [4.69, 9.17) is 27.9 Å². The minimum Gasteiger partial charge on any atom is -0.496 e. The second kappa shape index (κ2) is 10.4. The Morgan fingerprint density at radius 2 is 1.66 bits per heavy atom. The first kappa shape index (κ1) is 24.1. The van der Waals surface area contributed by atoms with Crippen molar-refractivity contribution in [1.82, 2.24) is 4.72 Å². The van der Waals surface area contributed by atoms with E-state index in [-0.39, 0.29) is 27.0 Å². The van der Waals surface area contributed by atoms with Gasteiger partial charge in [-0.05, 0) is 54.8 Å². The van der Waals surface area contributed by atoms with Crippen LogP contribution in [0.2, 0.25) is 10.0 Å². The van der Waals surface area contributed by atoms with Crippen molar-refractivity contribution in [2.75, 3.05) is 12.4 Å². The summed E-state index contributed by atoms with van der Waals surface area (Å²) in [6.45, 7) is 1.74. The highest BCUT2D eigenvalue weighted by atomic mass is 35.5. The lowest BCUT2D eigenvalue weighted by Crippen LogP contribution is -2.45. The van der Waals surface area contributed by atoms with E-state index in [1.165, 1.54) is 19.2 Å². The zero-order valence-corrected chi connectivity index (χ0v) is 19.8. The Balaban J connectivity index is 1.92. The molecule has 9 heteroatoms. The van der Waals surface area contributed by atoms with Gasteiger partial charge in [-0.3, -0.25) is 4.79 Å². The fraction of sp³-hybridized carbons (Fsp3) is 0.174. The Labute approximate surface area is 197 Å². The molecule has 0 radical (unpaired) electrons. The number of hydrogen-bond donors (Lipinski definition) is 2. The topological polar surface area (TPSA) is 84.5 Å². The first-order chi connectivity index (χ1) is 15.2. The summed E-state index contributed by atoms with van der Waals surface area (Å²) in [6.07, 6.45) is 0.128. The van der Waals surface area contributed by atoms with E-state index in [1.54, 1.807) is 31.2 Å². The van der Waals surface area contributed by atoms with Crippen LogP contribution in [-0.4, -0.2) is 27.5 Å². The Hall–Kier alpha value is -2.58. The highest BCUT2D eigenvalue weighted by molar-refractivity contribution is 7.89. The number of anilines is 1. The van der Waals surface area contributed by atoms with Crippen LogP contribution in [0.1, 0.15) is 11.1 Å². The number of carbonyl (C=O) groups is 1. The van der Waals surface area contributed by atoms with Crippen molar-refractivity contribution in [2.45, 2.75) is 24.3 Å². The number of halogens is 2. The second-order valence-electron chi connectivity index (χ2n) is 7.08. The number of rotatable bonds is 8. The molecule has 0 aliphatic rings. The van der Waals surface area contributed by atoms with E-state index in [1.807, 2.05) is 30.3 Å². The van der Waals surface area contributed by atoms with Gasteiger partial charge in [0, 0.05) is 0 Å². The van der Waals surface area contributed by atoms with Gasteiger partial charge in [0.1, 0.15) is 11.8 Å². The third kappa shape index (κ3) is 5.81. The second-order valence-corrected chi connectivity index (χ2v) is 9.61. The van der Waals surface area contributed by atoms with Crippen molar-refractivity contribution in [3.8, 4) is 5.75 Å². The molecule has 0 saturated heterocycles. The summed E-state index contributed by atoms with van der Waals surface area (Å²) in [5.41, 5.74) is 1.66. The molecule has 3 rings (SSSR count). The maximum atomic E-state index is 13.1. The van der Waals surface area contributed by atoms with Crippen molar-refractivity contribution in [1.29, 1.82) is 0 Å². The molecule has 2 N–H and O–H groups in total. The Bertz CT molecular complexity index is 1200. The molecule has 0 aliphatic carbocycles. The largest absolute Gasteiger partial charge is 0.496 e. The van der Waals surface area contributed by atoms with E-state index in [9.17, 15) is 13.2 Å². The summed E-state index contributed by atoms with van der Waals surface area (Å²) in [6, 6.07) is 17.3. The summed E-state index contributed by atoms with van der Waals surface area (Å²) in [5, 5.41) is 3.15. The Morgan fingerprint density at radius 1 is 1.00 bits per heavy atom. The van der Waals surface area contributed by atoms with Crippen LogP contribution in [-0.2, 0) is 21.2 Å².